The number of quaternary nitrogens is 1. The van der Waals surface area contributed by atoms with Gasteiger partial charge in [0.05, 0.1) is 39.9 Å². The first-order valence-corrected chi connectivity index (χ1v) is 41.4. The molecule has 0 rings (SSSR count). The summed E-state index contributed by atoms with van der Waals surface area (Å²) in [5.74, 6) is -0.131. The van der Waals surface area contributed by atoms with Crippen LogP contribution in [0.3, 0.4) is 0 Å². The van der Waals surface area contributed by atoms with E-state index in [1.807, 2.05) is 21.1 Å². The third-order valence-corrected chi connectivity index (χ3v) is 20.1. The molecule has 0 fully saturated rings. The highest BCUT2D eigenvalue weighted by molar-refractivity contribution is 7.47. The first kappa shape index (κ1) is 86.5. The molecule has 0 heterocycles. The van der Waals surface area contributed by atoms with Gasteiger partial charge in [0.15, 0.2) is 0 Å². The highest BCUT2D eigenvalue weighted by Crippen LogP contribution is 2.43. The van der Waals surface area contributed by atoms with E-state index in [2.05, 4.69) is 19.2 Å². The van der Waals surface area contributed by atoms with Crippen LogP contribution in [0, 0.1) is 0 Å². The summed E-state index contributed by atoms with van der Waals surface area (Å²) in [4.78, 5) is 23.5. The molecule has 3 N–H and O–H groups in total. The average Bonchev–Trinajstić information content (AvgIpc) is 3.71. The summed E-state index contributed by atoms with van der Waals surface area (Å²) in [6.07, 6.45) is 89.7. The minimum Gasteiger partial charge on any atom is -0.391 e. The Labute approximate surface area is 546 Å². The molecule has 3 atom stereocenters. The number of phosphoric acid groups is 1. The van der Waals surface area contributed by atoms with Crippen LogP contribution in [-0.2, 0) is 18.4 Å². The van der Waals surface area contributed by atoms with Gasteiger partial charge in [-0.05, 0) is 12.8 Å². The molecule has 0 saturated heterocycles. The van der Waals surface area contributed by atoms with Crippen molar-refractivity contribution in [2.45, 2.75) is 456 Å². The zero-order chi connectivity index (χ0) is 63.4. The minimum atomic E-state index is -4.33. The van der Waals surface area contributed by atoms with Crippen LogP contribution in [0.2, 0.25) is 0 Å². The summed E-state index contributed by atoms with van der Waals surface area (Å²) in [5, 5.41) is 14.2. The molecule has 3 unspecified atom stereocenters. The van der Waals surface area contributed by atoms with Crippen molar-refractivity contribution >= 4 is 13.7 Å². The molecule has 0 radical (unpaired) electrons. The number of phosphoric ester groups is 1. The lowest BCUT2D eigenvalue weighted by atomic mass is 10.0. The van der Waals surface area contributed by atoms with Gasteiger partial charge in [0, 0.05) is 6.42 Å². The summed E-state index contributed by atoms with van der Waals surface area (Å²) in [6.45, 7) is 4.98. The van der Waals surface area contributed by atoms with E-state index in [1.165, 1.54) is 379 Å². The second kappa shape index (κ2) is 69.8. The van der Waals surface area contributed by atoms with Crippen molar-refractivity contribution in [3.05, 3.63) is 0 Å². The molecule has 0 aromatic heterocycles. The fourth-order valence-electron chi connectivity index (χ4n) is 12.9. The standard InChI is InChI=1S/C78H159N2O6P/c1-6-8-10-12-14-16-18-20-22-24-26-28-30-32-34-36-37-38-39-40-41-42-44-46-48-50-52-54-56-58-60-62-64-66-68-70-72-78(82)79-76(75-86-87(83,84)85-74-73-80(3,4)5)77(81)71-69-67-65-63-61-59-57-55-53-51-49-47-45-43-35-33-31-29-27-25-23-21-19-17-15-13-11-9-7-2/h76-77,81H,6-75H2,1-5H3,(H-,79,82,83,84)/p+1. The molecule has 522 valence electrons. The third kappa shape index (κ3) is 72.8. The van der Waals surface area contributed by atoms with E-state index in [0.717, 1.165) is 38.5 Å². The number of aliphatic hydroxyl groups is 1. The van der Waals surface area contributed by atoms with Gasteiger partial charge in [-0.15, -0.1) is 0 Å². The van der Waals surface area contributed by atoms with Crippen LogP contribution in [0.4, 0.5) is 0 Å². The van der Waals surface area contributed by atoms with Crippen molar-refractivity contribution in [3.63, 3.8) is 0 Å². The lowest BCUT2D eigenvalue weighted by Crippen LogP contribution is -2.46. The molecule has 0 bridgehead atoms. The van der Waals surface area contributed by atoms with Crippen molar-refractivity contribution in [3.8, 4) is 0 Å². The number of hydrogen-bond donors (Lipinski definition) is 3. The van der Waals surface area contributed by atoms with Gasteiger partial charge < -0.3 is 19.8 Å². The fourth-order valence-corrected chi connectivity index (χ4v) is 13.7. The van der Waals surface area contributed by atoms with E-state index in [-0.39, 0.29) is 19.1 Å². The Morgan fingerprint density at radius 3 is 0.770 bits per heavy atom. The van der Waals surface area contributed by atoms with Crippen LogP contribution in [0.25, 0.3) is 0 Å². The number of carbonyl (C=O) groups is 1. The second-order valence-electron chi connectivity index (χ2n) is 29.2. The molecule has 1 amide bonds. The van der Waals surface area contributed by atoms with Gasteiger partial charge in [-0.25, -0.2) is 4.57 Å². The van der Waals surface area contributed by atoms with E-state index in [9.17, 15) is 19.4 Å². The Bertz CT molecular complexity index is 1380. The average molecular weight is 1250 g/mol. The maximum atomic E-state index is 13.1. The third-order valence-electron chi connectivity index (χ3n) is 19.1. The van der Waals surface area contributed by atoms with Gasteiger partial charge in [-0.2, -0.15) is 0 Å². The van der Waals surface area contributed by atoms with E-state index >= 15 is 0 Å². The van der Waals surface area contributed by atoms with Crippen molar-refractivity contribution in [1.82, 2.24) is 5.32 Å². The molecule has 0 aliphatic heterocycles. The van der Waals surface area contributed by atoms with Gasteiger partial charge in [-0.1, -0.05) is 425 Å². The maximum Gasteiger partial charge on any atom is 0.472 e. The molecular formula is C78H160N2O6P+. The Hall–Kier alpha value is -0.500. The lowest BCUT2D eigenvalue weighted by Gasteiger charge is -2.26. The summed E-state index contributed by atoms with van der Waals surface area (Å²) in [6, 6.07) is -0.758. The second-order valence-corrected chi connectivity index (χ2v) is 30.6. The number of rotatable bonds is 76. The van der Waals surface area contributed by atoms with Crippen LogP contribution >= 0.6 is 7.82 Å². The van der Waals surface area contributed by atoms with Gasteiger partial charge in [-0.3, -0.25) is 13.8 Å². The first-order chi connectivity index (χ1) is 42.5. The van der Waals surface area contributed by atoms with Gasteiger partial charge in [0.1, 0.15) is 13.2 Å². The van der Waals surface area contributed by atoms with Crippen LogP contribution in [0.5, 0.6) is 0 Å². The number of nitrogens with one attached hydrogen (secondary N) is 1. The predicted molar refractivity (Wildman–Crippen MR) is 383 cm³/mol. The largest absolute Gasteiger partial charge is 0.472 e. The molecule has 9 heteroatoms. The van der Waals surface area contributed by atoms with Crippen LogP contribution in [0.15, 0.2) is 0 Å². The molecule has 87 heavy (non-hydrogen) atoms. The van der Waals surface area contributed by atoms with E-state index in [1.54, 1.807) is 0 Å². The molecular weight excluding hydrogens is 1090 g/mol. The molecule has 0 spiro atoms. The first-order valence-electron chi connectivity index (χ1n) is 39.9. The maximum absolute atomic E-state index is 13.1. The number of carbonyl (C=O) groups excluding carboxylic acids is 1. The minimum absolute atomic E-state index is 0.0796. The van der Waals surface area contributed by atoms with Gasteiger partial charge in [0.2, 0.25) is 5.91 Å². The number of likely N-dealkylation sites (N-methyl/N-ethyl adjacent to an activating group) is 1. The monoisotopic (exact) mass is 1250 g/mol. The Kier molecular flexibility index (Phi) is 69.4. The highest BCUT2D eigenvalue weighted by atomic mass is 31.2. The molecule has 0 aromatic carbocycles. The van der Waals surface area contributed by atoms with E-state index in [4.69, 9.17) is 9.05 Å². The van der Waals surface area contributed by atoms with E-state index < -0.39 is 20.0 Å². The van der Waals surface area contributed by atoms with Crippen molar-refractivity contribution in [2.75, 3.05) is 40.9 Å². The smallest absolute Gasteiger partial charge is 0.391 e. The Morgan fingerprint density at radius 2 is 0.552 bits per heavy atom. The predicted octanol–water partition coefficient (Wildman–Crippen LogP) is 25.8. The van der Waals surface area contributed by atoms with Crippen molar-refractivity contribution < 1.29 is 32.9 Å². The number of aliphatic hydroxyl groups excluding tert-OH is 1. The number of unbranched alkanes of at least 4 members (excludes halogenated alkanes) is 63. The molecule has 0 saturated carbocycles. The lowest BCUT2D eigenvalue weighted by molar-refractivity contribution is -0.870. The Balaban J connectivity index is 3.89. The van der Waals surface area contributed by atoms with Gasteiger partial charge >= 0.3 is 7.82 Å². The number of hydrogen-bond acceptors (Lipinski definition) is 5. The molecule has 8 nitrogen and oxygen atoms in total. The van der Waals surface area contributed by atoms with Crippen molar-refractivity contribution in [1.29, 1.82) is 0 Å². The SMILES string of the molecule is CCCCCCCCCCCCCCCCCCCCCCCCCCCCCCCCCCCCCCC(=O)NC(COP(=O)(O)OCC[N+](C)(C)C)C(O)CCCCCCCCCCCCCCCCCCCCCCCCCCCCCCC. The van der Waals surface area contributed by atoms with Crippen LogP contribution in [0.1, 0.15) is 444 Å². The zero-order valence-electron chi connectivity index (χ0n) is 60.1. The van der Waals surface area contributed by atoms with Crippen molar-refractivity contribution in [2.24, 2.45) is 0 Å². The number of amides is 1. The topological polar surface area (TPSA) is 105 Å². The zero-order valence-corrected chi connectivity index (χ0v) is 61.0. The summed E-state index contributed by atoms with van der Waals surface area (Å²) in [7, 11) is 1.65. The van der Waals surface area contributed by atoms with Crippen LogP contribution in [-0.4, -0.2) is 73.4 Å². The quantitative estimate of drug-likeness (QED) is 0.0318. The Morgan fingerprint density at radius 1 is 0.345 bits per heavy atom. The molecule has 0 aliphatic rings. The fraction of sp³-hybridized carbons (Fsp3) is 0.987. The van der Waals surface area contributed by atoms with Crippen LogP contribution < -0.4 is 5.32 Å². The number of nitrogens with zero attached hydrogens (tertiary/aromatic N) is 1. The molecule has 0 aliphatic carbocycles. The normalized spacial score (nSPS) is 13.4. The van der Waals surface area contributed by atoms with E-state index in [0.29, 0.717) is 23.9 Å². The summed E-state index contributed by atoms with van der Waals surface area (Å²) < 4.78 is 24.0. The summed E-state index contributed by atoms with van der Waals surface area (Å²) in [5.41, 5.74) is 0. The highest BCUT2D eigenvalue weighted by Gasteiger charge is 2.28. The van der Waals surface area contributed by atoms with Gasteiger partial charge in [0.25, 0.3) is 0 Å². The molecule has 0 aromatic rings. The summed E-state index contributed by atoms with van der Waals surface area (Å²) >= 11 is 0.